The van der Waals surface area contributed by atoms with Crippen LogP contribution in [0.2, 0.25) is 0 Å². The van der Waals surface area contributed by atoms with Crippen LogP contribution in [-0.4, -0.2) is 0 Å². The topological polar surface area (TPSA) is 0 Å². The van der Waals surface area contributed by atoms with Crippen LogP contribution < -0.4 is 0 Å². The van der Waals surface area contributed by atoms with Gasteiger partial charge in [0.25, 0.3) is 0 Å². The van der Waals surface area contributed by atoms with Crippen molar-refractivity contribution in [1.82, 2.24) is 0 Å². The van der Waals surface area contributed by atoms with Gasteiger partial charge in [-0.3, -0.25) is 0 Å². The van der Waals surface area contributed by atoms with Gasteiger partial charge in [-0.25, -0.2) is 4.39 Å². The van der Waals surface area contributed by atoms with E-state index < -0.39 is 0 Å². The fraction of sp³-hybridized carbons (Fsp3) is 0.312. The van der Waals surface area contributed by atoms with E-state index in [1.54, 1.807) is 6.07 Å². The average molecular weight is 437 g/mol. The van der Waals surface area contributed by atoms with E-state index in [4.69, 9.17) is 0 Å². The summed E-state index contributed by atoms with van der Waals surface area (Å²) in [6.07, 6.45) is 9.63. The van der Waals surface area contributed by atoms with Gasteiger partial charge >= 0.3 is 0 Å². The summed E-state index contributed by atoms with van der Waals surface area (Å²) >= 11 is 0. The van der Waals surface area contributed by atoms with E-state index in [1.807, 2.05) is 30.3 Å². The maximum atomic E-state index is 14.5. The highest BCUT2D eigenvalue weighted by atomic mass is 19.1. The monoisotopic (exact) mass is 436 g/mol. The maximum absolute atomic E-state index is 14.5. The predicted molar refractivity (Wildman–Crippen MR) is 138 cm³/mol. The molecule has 0 heterocycles. The number of aryl methyl sites for hydroxylation is 2. The van der Waals surface area contributed by atoms with Crippen molar-refractivity contribution in [2.75, 3.05) is 0 Å². The minimum absolute atomic E-state index is 0.336. The lowest BCUT2D eigenvalue weighted by molar-refractivity contribution is 0.624. The average Bonchev–Trinajstić information content (AvgIpc) is 2.84. The normalized spacial score (nSPS) is 10.2. The number of benzene rings is 3. The zero-order valence-corrected chi connectivity index (χ0v) is 19.9. The first-order valence-corrected chi connectivity index (χ1v) is 12.2. The molecule has 0 radical (unpaired) electrons. The lowest BCUT2D eigenvalue weighted by Gasteiger charge is -2.01. The van der Waals surface area contributed by atoms with Crippen LogP contribution in [-0.2, 0) is 12.8 Å². The molecule has 0 amide bonds. The van der Waals surface area contributed by atoms with Gasteiger partial charge in [-0.05, 0) is 79.3 Å². The molecule has 0 aliphatic rings. The molecule has 3 rings (SSSR count). The van der Waals surface area contributed by atoms with E-state index in [0.717, 1.165) is 24.0 Å². The van der Waals surface area contributed by atoms with E-state index in [1.165, 1.54) is 55.7 Å². The summed E-state index contributed by atoms with van der Waals surface area (Å²) in [7, 11) is 0. The van der Waals surface area contributed by atoms with E-state index in [-0.39, 0.29) is 5.82 Å². The van der Waals surface area contributed by atoms with Gasteiger partial charge in [0.1, 0.15) is 5.82 Å². The van der Waals surface area contributed by atoms with Crippen LogP contribution in [0.15, 0.2) is 66.7 Å². The van der Waals surface area contributed by atoms with Gasteiger partial charge in [-0.1, -0.05) is 87.5 Å². The molecule has 0 N–H and O–H groups in total. The number of halogens is 1. The highest BCUT2D eigenvalue weighted by Gasteiger charge is 2.00. The molecular formula is C32H33F. The lowest BCUT2D eigenvalue weighted by atomic mass is 10.0. The first-order valence-electron chi connectivity index (χ1n) is 12.2. The van der Waals surface area contributed by atoms with Crippen LogP contribution in [0.5, 0.6) is 0 Å². The molecule has 0 aliphatic carbocycles. The van der Waals surface area contributed by atoms with Gasteiger partial charge in [-0.2, -0.15) is 0 Å². The molecule has 0 aromatic heterocycles. The Hall–Kier alpha value is -3.29. The SMILES string of the molecule is CCCCCc1ccc(C#Cc2ccc(C#Cc3ccc(CCCCC)cc3)c(F)c2)cc1. The molecule has 0 spiro atoms. The molecule has 0 nitrogen and oxygen atoms in total. The van der Waals surface area contributed by atoms with Gasteiger partial charge in [0.15, 0.2) is 0 Å². The van der Waals surface area contributed by atoms with Crippen molar-refractivity contribution in [1.29, 1.82) is 0 Å². The Morgan fingerprint density at radius 1 is 0.545 bits per heavy atom. The van der Waals surface area contributed by atoms with Crippen molar-refractivity contribution in [3.05, 3.63) is 106 Å². The fourth-order valence-corrected chi connectivity index (χ4v) is 3.65. The van der Waals surface area contributed by atoms with Gasteiger partial charge in [0.05, 0.1) is 5.56 Å². The van der Waals surface area contributed by atoms with Crippen LogP contribution in [0.1, 0.15) is 85.8 Å². The largest absolute Gasteiger partial charge is 0.206 e. The summed E-state index contributed by atoms with van der Waals surface area (Å²) in [5.41, 5.74) is 5.56. The van der Waals surface area contributed by atoms with Crippen LogP contribution in [0, 0.1) is 29.5 Å². The molecule has 0 saturated carbocycles. The lowest BCUT2D eigenvalue weighted by Crippen LogP contribution is -1.87. The summed E-state index contributed by atoms with van der Waals surface area (Å²) < 4.78 is 14.5. The minimum Gasteiger partial charge on any atom is -0.206 e. The summed E-state index contributed by atoms with van der Waals surface area (Å²) in [6, 6.07) is 21.6. The molecule has 3 aromatic carbocycles. The first-order chi connectivity index (χ1) is 16.2. The minimum atomic E-state index is -0.336. The molecule has 33 heavy (non-hydrogen) atoms. The molecule has 0 atom stereocenters. The summed E-state index contributed by atoms with van der Waals surface area (Å²) in [5.74, 6) is 11.9. The highest BCUT2D eigenvalue weighted by molar-refractivity contribution is 5.49. The molecule has 0 unspecified atom stereocenters. The van der Waals surface area contributed by atoms with Crippen molar-refractivity contribution >= 4 is 0 Å². The van der Waals surface area contributed by atoms with Crippen molar-refractivity contribution in [2.45, 2.75) is 65.2 Å². The van der Waals surface area contributed by atoms with Crippen molar-refractivity contribution < 1.29 is 4.39 Å². The second-order valence-corrected chi connectivity index (χ2v) is 8.50. The first kappa shape index (κ1) is 24.4. The van der Waals surface area contributed by atoms with E-state index >= 15 is 0 Å². The van der Waals surface area contributed by atoms with E-state index in [0.29, 0.717) is 11.1 Å². The molecule has 168 valence electrons. The van der Waals surface area contributed by atoms with Crippen molar-refractivity contribution in [3.8, 4) is 23.7 Å². The molecule has 0 aliphatic heterocycles. The van der Waals surface area contributed by atoms with Crippen molar-refractivity contribution in [2.24, 2.45) is 0 Å². The number of hydrogen-bond acceptors (Lipinski definition) is 0. The standard InChI is InChI=1S/C32H33F/c1-3-5-7-9-26-11-15-28(16-12-26)19-20-30-22-24-31(32(33)25-30)23-21-29-17-13-27(14-18-29)10-8-6-4-2/h11-18,22,24-25H,3-10H2,1-2H3. The van der Waals surface area contributed by atoms with Crippen LogP contribution >= 0.6 is 0 Å². The third-order valence-corrected chi connectivity index (χ3v) is 5.71. The second-order valence-electron chi connectivity index (χ2n) is 8.50. The predicted octanol–water partition coefficient (Wildman–Crippen LogP) is 8.09. The molecule has 1 heteroatoms. The van der Waals surface area contributed by atoms with Gasteiger partial charge in [0, 0.05) is 16.7 Å². The molecule has 0 saturated heterocycles. The number of unbranched alkanes of at least 4 members (excludes halogenated alkanes) is 4. The summed E-state index contributed by atoms with van der Waals surface area (Å²) in [4.78, 5) is 0. The zero-order valence-electron chi connectivity index (χ0n) is 19.9. The Kier molecular flexibility index (Phi) is 9.82. The van der Waals surface area contributed by atoms with Crippen LogP contribution in [0.3, 0.4) is 0 Å². The fourth-order valence-electron chi connectivity index (χ4n) is 3.65. The Balaban J connectivity index is 1.61. The van der Waals surface area contributed by atoms with E-state index in [2.05, 4.69) is 61.8 Å². The Morgan fingerprint density at radius 2 is 1.00 bits per heavy atom. The van der Waals surface area contributed by atoms with Crippen LogP contribution in [0.25, 0.3) is 0 Å². The van der Waals surface area contributed by atoms with Gasteiger partial charge in [0.2, 0.25) is 0 Å². The smallest absolute Gasteiger partial charge is 0.140 e. The van der Waals surface area contributed by atoms with Gasteiger partial charge in [-0.15, -0.1) is 0 Å². The molecule has 3 aromatic rings. The third-order valence-electron chi connectivity index (χ3n) is 5.71. The van der Waals surface area contributed by atoms with E-state index in [9.17, 15) is 4.39 Å². The number of hydrogen-bond donors (Lipinski definition) is 0. The zero-order chi connectivity index (χ0) is 23.3. The van der Waals surface area contributed by atoms with Crippen molar-refractivity contribution in [3.63, 3.8) is 0 Å². The Labute approximate surface area is 199 Å². The molecule has 0 fully saturated rings. The number of rotatable bonds is 8. The Bertz CT molecular complexity index is 1130. The second kappa shape index (κ2) is 13.3. The summed E-state index contributed by atoms with van der Waals surface area (Å²) in [5, 5.41) is 0. The molecular weight excluding hydrogens is 403 g/mol. The van der Waals surface area contributed by atoms with Crippen LogP contribution in [0.4, 0.5) is 4.39 Å². The summed E-state index contributed by atoms with van der Waals surface area (Å²) in [6.45, 7) is 4.43. The third kappa shape index (κ3) is 8.29. The maximum Gasteiger partial charge on any atom is 0.140 e. The van der Waals surface area contributed by atoms with Gasteiger partial charge < -0.3 is 0 Å². The quantitative estimate of drug-likeness (QED) is 0.247. The molecule has 0 bridgehead atoms. The highest BCUT2D eigenvalue weighted by Crippen LogP contribution is 2.12. The Morgan fingerprint density at radius 3 is 1.48 bits per heavy atom.